The number of nitrogens with zero attached hydrogens (tertiary/aromatic N) is 2. The Kier molecular flexibility index (Phi) is 6.89. The highest BCUT2D eigenvalue weighted by atomic mass is 32.2. The number of amides is 1. The first-order chi connectivity index (χ1) is 13.5. The second-order valence-electron chi connectivity index (χ2n) is 6.05. The van der Waals surface area contributed by atoms with Gasteiger partial charge >= 0.3 is 0 Å². The summed E-state index contributed by atoms with van der Waals surface area (Å²) in [6.45, 7) is 3.74. The molecule has 1 atom stereocenters. The van der Waals surface area contributed by atoms with E-state index in [1.54, 1.807) is 37.9 Å². The van der Waals surface area contributed by atoms with Crippen LogP contribution in [0.25, 0.3) is 0 Å². The zero-order valence-corrected chi connectivity index (χ0v) is 17.5. The van der Waals surface area contributed by atoms with Crippen LogP contribution in [0.15, 0.2) is 52.9 Å². The van der Waals surface area contributed by atoms with Gasteiger partial charge in [-0.05, 0) is 31.5 Å². The molecule has 8 heteroatoms. The molecule has 0 aliphatic heterocycles. The summed E-state index contributed by atoms with van der Waals surface area (Å²) in [5.74, 6) is 1.60. The fourth-order valence-electron chi connectivity index (χ4n) is 2.32. The molecule has 0 bridgehead atoms. The van der Waals surface area contributed by atoms with Gasteiger partial charge in [-0.25, -0.2) is 0 Å². The summed E-state index contributed by atoms with van der Waals surface area (Å²) in [6, 6.07) is 15.6. The first kappa shape index (κ1) is 20.2. The molecular weight excluding hydrogens is 394 g/mol. The van der Waals surface area contributed by atoms with Crippen molar-refractivity contribution in [2.75, 3.05) is 12.4 Å². The van der Waals surface area contributed by atoms with Gasteiger partial charge in [0.05, 0.1) is 7.11 Å². The number of rotatable bonds is 8. The number of aromatic nitrogens is 2. The zero-order chi connectivity index (χ0) is 19.9. The number of hydrogen-bond acceptors (Lipinski definition) is 7. The molecule has 0 aliphatic rings. The van der Waals surface area contributed by atoms with Crippen LogP contribution in [-0.2, 0) is 10.5 Å². The minimum absolute atomic E-state index is 0.294. The first-order valence-corrected chi connectivity index (χ1v) is 10.5. The number of thioether (sulfide) groups is 1. The molecule has 1 amide bonds. The Morgan fingerprint density at radius 1 is 1.14 bits per heavy atom. The Hall–Kier alpha value is -2.58. The number of nitrogens with one attached hydrogen (secondary N) is 1. The summed E-state index contributed by atoms with van der Waals surface area (Å²) in [5.41, 5.74) is 2.45. The molecule has 3 rings (SSSR count). The zero-order valence-electron chi connectivity index (χ0n) is 15.8. The lowest BCUT2D eigenvalue weighted by molar-refractivity contribution is -0.122. The average molecular weight is 416 g/mol. The van der Waals surface area contributed by atoms with Crippen LogP contribution in [0.5, 0.6) is 11.5 Å². The largest absolute Gasteiger partial charge is 0.493 e. The Morgan fingerprint density at radius 2 is 1.86 bits per heavy atom. The van der Waals surface area contributed by atoms with Crippen molar-refractivity contribution in [3.8, 4) is 11.5 Å². The third-order valence-electron chi connectivity index (χ3n) is 3.86. The molecule has 1 N–H and O–H groups in total. The summed E-state index contributed by atoms with van der Waals surface area (Å²) >= 11 is 2.93. The molecule has 28 heavy (non-hydrogen) atoms. The van der Waals surface area contributed by atoms with Crippen molar-refractivity contribution in [1.29, 1.82) is 0 Å². The van der Waals surface area contributed by atoms with E-state index in [0.717, 1.165) is 10.1 Å². The highest BCUT2D eigenvalue weighted by molar-refractivity contribution is 8.00. The highest BCUT2D eigenvalue weighted by Gasteiger charge is 2.18. The molecule has 0 fully saturated rings. The third kappa shape index (κ3) is 5.46. The Balaban J connectivity index is 1.53. The predicted molar refractivity (Wildman–Crippen MR) is 112 cm³/mol. The van der Waals surface area contributed by atoms with Gasteiger partial charge < -0.3 is 9.47 Å². The maximum Gasteiger partial charge on any atom is 0.266 e. The molecule has 1 aromatic heterocycles. The second-order valence-corrected chi connectivity index (χ2v) is 8.25. The molecule has 0 saturated carbocycles. The standard InChI is InChI=1S/C20H21N3O3S2/c1-13-8-10-15(11-9-13)12-27-20-23-22-19(28-20)21-18(24)14(2)26-17-7-5-4-6-16(17)25-3/h4-11,14H,12H2,1-3H3,(H,21,22,24). The van der Waals surface area contributed by atoms with Crippen LogP contribution < -0.4 is 14.8 Å². The van der Waals surface area contributed by atoms with E-state index >= 15 is 0 Å². The lowest BCUT2D eigenvalue weighted by Crippen LogP contribution is -2.30. The van der Waals surface area contributed by atoms with Crippen LogP contribution in [0.3, 0.4) is 0 Å². The van der Waals surface area contributed by atoms with E-state index in [9.17, 15) is 4.79 Å². The van der Waals surface area contributed by atoms with E-state index in [0.29, 0.717) is 16.6 Å². The molecule has 3 aromatic rings. The molecule has 0 spiro atoms. The van der Waals surface area contributed by atoms with Crippen molar-refractivity contribution in [3.63, 3.8) is 0 Å². The summed E-state index contributed by atoms with van der Waals surface area (Å²) in [6.07, 6.45) is -0.705. The van der Waals surface area contributed by atoms with Gasteiger partial charge in [0.15, 0.2) is 21.9 Å². The van der Waals surface area contributed by atoms with Crippen molar-refractivity contribution in [2.45, 2.75) is 30.0 Å². The van der Waals surface area contributed by atoms with Crippen molar-refractivity contribution in [3.05, 3.63) is 59.7 Å². The van der Waals surface area contributed by atoms with Crippen molar-refractivity contribution in [1.82, 2.24) is 10.2 Å². The third-order valence-corrected chi connectivity index (χ3v) is 5.90. The molecule has 1 heterocycles. The highest BCUT2D eigenvalue weighted by Crippen LogP contribution is 2.29. The lowest BCUT2D eigenvalue weighted by Gasteiger charge is -2.15. The number of methoxy groups -OCH3 is 1. The average Bonchev–Trinajstić information content (AvgIpc) is 3.15. The fourth-order valence-corrected chi connectivity index (χ4v) is 4.03. The number of carbonyl (C=O) groups is 1. The van der Waals surface area contributed by atoms with Crippen LogP contribution in [-0.4, -0.2) is 29.3 Å². The van der Waals surface area contributed by atoms with Crippen molar-refractivity contribution >= 4 is 34.1 Å². The molecular formula is C20H21N3O3S2. The minimum atomic E-state index is -0.705. The summed E-state index contributed by atoms with van der Waals surface area (Å²) < 4.78 is 11.7. The topological polar surface area (TPSA) is 73.3 Å². The van der Waals surface area contributed by atoms with Gasteiger partial charge in [0.1, 0.15) is 0 Å². The van der Waals surface area contributed by atoms with Gasteiger partial charge in [-0.3, -0.25) is 10.1 Å². The summed E-state index contributed by atoms with van der Waals surface area (Å²) in [5, 5.41) is 11.4. The van der Waals surface area contributed by atoms with Gasteiger partial charge in [-0.1, -0.05) is 65.1 Å². The van der Waals surface area contributed by atoms with Crippen LogP contribution >= 0.6 is 23.1 Å². The number of carbonyl (C=O) groups excluding carboxylic acids is 1. The Labute approximate surface area is 172 Å². The second kappa shape index (κ2) is 9.57. The monoisotopic (exact) mass is 415 g/mol. The number of anilines is 1. The number of ether oxygens (including phenoxy) is 2. The van der Waals surface area contributed by atoms with Crippen molar-refractivity contribution in [2.24, 2.45) is 0 Å². The molecule has 146 valence electrons. The van der Waals surface area contributed by atoms with Crippen LogP contribution in [0.2, 0.25) is 0 Å². The van der Waals surface area contributed by atoms with Gasteiger partial charge in [-0.15, -0.1) is 10.2 Å². The van der Waals surface area contributed by atoms with E-state index in [1.807, 2.05) is 12.1 Å². The number of aryl methyl sites for hydroxylation is 1. The molecule has 1 unspecified atom stereocenters. The van der Waals surface area contributed by atoms with E-state index < -0.39 is 6.10 Å². The van der Waals surface area contributed by atoms with Crippen molar-refractivity contribution < 1.29 is 14.3 Å². The number of hydrogen-bond donors (Lipinski definition) is 1. The molecule has 0 radical (unpaired) electrons. The Morgan fingerprint density at radius 3 is 2.57 bits per heavy atom. The number of benzene rings is 2. The maximum absolute atomic E-state index is 12.4. The summed E-state index contributed by atoms with van der Waals surface area (Å²) in [7, 11) is 1.56. The molecule has 2 aromatic carbocycles. The van der Waals surface area contributed by atoms with Crippen LogP contribution in [0, 0.1) is 6.92 Å². The van der Waals surface area contributed by atoms with E-state index in [4.69, 9.17) is 9.47 Å². The predicted octanol–water partition coefficient (Wildman–Crippen LogP) is 4.55. The van der Waals surface area contributed by atoms with E-state index in [2.05, 4.69) is 46.7 Å². The van der Waals surface area contributed by atoms with E-state index in [-0.39, 0.29) is 5.91 Å². The smallest absolute Gasteiger partial charge is 0.266 e. The van der Waals surface area contributed by atoms with Crippen LogP contribution in [0.4, 0.5) is 5.13 Å². The Bertz CT molecular complexity index is 928. The maximum atomic E-state index is 12.4. The lowest BCUT2D eigenvalue weighted by atomic mass is 10.2. The quantitative estimate of drug-likeness (QED) is 0.430. The first-order valence-electron chi connectivity index (χ1n) is 8.67. The molecule has 0 saturated heterocycles. The molecule has 6 nitrogen and oxygen atoms in total. The van der Waals surface area contributed by atoms with Gasteiger partial charge in [-0.2, -0.15) is 0 Å². The van der Waals surface area contributed by atoms with E-state index in [1.165, 1.54) is 22.5 Å². The summed E-state index contributed by atoms with van der Waals surface area (Å²) in [4.78, 5) is 12.4. The fraction of sp³-hybridized carbons (Fsp3) is 0.250. The normalized spacial score (nSPS) is 11.7. The minimum Gasteiger partial charge on any atom is -0.493 e. The number of para-hydroxylation sites is 2. The SMILES string of the molecule is COc1ccccc1OC(C)C(=O)Nc1nnc(SCc2ccc(C)cc2)s1. The van der Waals surface area contributed by atoms with Crippen LogP contribution in [0.1, 0.15) is 18.1 Å². The molecule has 0 aliphatic carbocycles. The van der Waals surface area contributed by atoms with Gasteiger partial charge in [0, 0.05) is 5.75 Å². The van der Waals surface area contributed by atoms with Gasteiger partial charge in [0.2, 0.25) is 5.13 Å². The van der Waals surface area contributed by atoms with Gasteiger partial charge in [0.25, 0.3) is 5.91 Å².